The maximum absolute atomic E-state index is 11.1. The molecule has 0 radical (unpaired) electrons. The van der Waals surface area contributed by atoms with Crippen molar-refractivity contribution in [2.45, 2.75) is 6.92 Å². The fourth-order valence-corrected chi connectivity index (χ4v) is 0.618. The zero-order valence-electron chi connectivity index (χ0n) is 4.35. The highest BCUT2D eigenvalue weighted by atomic mass is 31.2. The highest BCUT2D eigenvalue weighted by Crippen LogP contribution is 2.36. The van der Waals surface area contributed by atoms with Crippen molar-refractivity contribution in [2.75, 3.05) is 13.3 Å². The van der Waals surface area contributed by atoms with Gasteiger partial charge in [-0.1, -0.05) is 6.92 Å². The maximum Gasteiger partial charge on any atom is 0.214 e. The van der Waals surface area contributed by atoms with Gasteiger partial charge in [0.2, 0.25) is 8.38 Å². The predicted molar refractivity (Wildman–Crippen MR) is 26.7 cm³/mol. The van der Waals surface area contributed by atoms with E-state index in [2.05, 4.69) is 9.25 Å². The molecule has 0 aliphatic heterocycles. The van der Waals surface area contributed by atoms with Crippen LogP contribution >= 0.6 is 8.38 Å². The zero-order chi connectivity index (χ0) is 5.70. The molecule has 0 saturated carbocycles. The van der Waals surface area contributed by atoms with Crippen LogP contribution in [0.1, 0.15) is 6.92 Å². The predicted octanol–water partition coefficient (Wildman–Crippen LogP) is 1.87. The Balaban J connectivity index is 2.99. The summed E-state index contributed by atoms with van der Waals surface area (Å²) in [6.45, 7) is 1.80. The molecular formula is C3H8FO2P. The molecule has 0 aliphatic carbocycles. The van der Waals surface area contributed by atoms with Gasteiger partial charge in [-0.2, -0.15) is 0 Å². The van der Waals surface area contributed by atoms with Crippen molar-refractivity contribution >= 4 is 8.38 Å². The minimum absolute atomic E-state index is 0.600. The molecule has 0 rings (SSSR count). The molecule has 1 unspecified atom stereocenters. The minimum Gasteiger partial charge on any atom is -0.335 e. The van der Waals surface area contributed by atoms with Gasteiger partial charge in [0, 0.05) is 13.3 Å². The molecule has 0 spiro atoms. The van der Waals surface area contributed by atoms with Crippen molar-refractivity contribution < 1.29 is 13.8 Å². The second-order valence-electron chi connectivity index (χ2n) is 0.901. The van der Waals surface area contributed by atoms with Gasteiger partial charge < -0.3 is 4.52 Å². The second kappa shape index (κ2) is 4.44. The fourth-order valence-electron chi connectivity index (χ4n) is 0.206. The van der Waals surface area contributed by atoms with Crippen LogP contribution in [0, 0.1) is 0 Å². The monoisotopic (exact) mass is 126 g/mol. The summed E-state index contributed by atoms with van der Waals surface area (Å²) < 4.78 is 19.0. The lowest BCUT2D eigenvalue weighted by Crippen LogP contribution is -1.79. The van der Waals surface area contributed by atoms with E-state index in [1.54, 1.807) is 6.92 Å². The molecule has 0 saturated heterocycles. The third kappa shape index (κ3) is 2.92. The molecule has 0 N–H and O–H groups in total. The molecule has 0 heterocycles. The van der Waals surface area contributed by atoms with Crippen molar-refractivity contribution in [1.29, 1.82) is 0 Å². The normalized spacial score (nSPS) is 14.1. The van der Waals surface area contributed by atoms with Gasteiger partial charge in [-0.3, -0.25) is 0 Å². The molecular weight excluding hydrogens is 118 g/mol. The van der Waals surface area contributed by atoms with E-state index >= 15 is 0 Å². The smallest absolute Gasteiger partial charge is 0.214 e. The molecule has 0 aromatic carbocycles. The summed E-state index contributed by atoms with van der Waals surface area (Å²) in [5.41, 5.74) is 0. The van der Waals surface area contributed by atoms with Crippen LogP contribution in [-0.2, 0) is 9.25 Å². The van der Waals surface area contributed by atoms with Gasteiger partial charge in [-0.15, -0.1) is 4.73 Å². The molecule has 0 aliphatic rings. The first-order valence-corrected chi connectivity index (χ1v) is 3.31. The Morgan fingerprint density at radius 2 is 2.29 bits per heavy atom. The van der Waals surface area contributed by atoms with E-state index in [4.69, 9.17) is 0 Å². The van der Waals surface area contributed by atoms with Crippen LogP contribution in [0.25, 0.3) is 0 Å². The van der Waals surface area contributed by atoms with Crippen LogP contribution in [0.5, 0.6) is 0 Å². The lowest BCUT2D eigenvalue weighted by Gasteiger charge is -2.01. The minimum atomic E-state index is -1.22. The lowest BCUT2D eigenvalue weighted by atomic mass is 11.0. The van der Waals surface area contributed by atoms with Crippen LogP contribution in [-0.4, -0.2) is 13.3 Å². The van der Waals surface area contributed by atoms with E-state index < -0.39 is 8.38 Å². The van der Waals surface area contributed by atoms with E-state index in [9.17, 15) is 4.53 Å². The van der Waals surface area contributed by atoms with E-state index in [0.717, 1.165) is 0 Å². The summed E-state index contributed by atoms with van der Waals surface area (Å²) in [6.07, 6.45) is 0.600. The van der Waals surface area contributed by atoms with Gasteiger partial charge in [0.1, 0.15) is 0 Å². The summed E-state index contributed by atoms with van der Waals surface area (Å²) in [5, 5.41) is 0. The third-order valence-corrected chi connectivity index (χ3v) is 1.62. The number of hydrogen-bond acceptors (Lipinski definition) is 2. The highest BCUT2D eigenvalue weighted by molar-refractivity contribution is 7.47. The zero-order valence-corrected chi connectivity index (χ0v) is 5.24. The van der Waals surface area contributed by atoms with Gasteiger partial charge in [-0.25, -0.2) is 0 Å². The largest absolute Gasteiger partial charge is 0.335 e. The van der Waals surface area contributed by atoms with Gasteiger partial charge in [-0.05, 0) is 4.53 Å². The third-order valence-electron chi connectivity index (χ3n) is 0.539. The van der Waals surface area contributed by atoms with Crippen molar-refractivity contribution in [3.63, 3.8) is 0 Å². The van der Waals surface area contributed by atoms with Crippen LogP contribution in [0.3, 0.4) is 0 Å². The Hall–Kier alpha value is 0.280. The van der Waals surface area contributed by atoms with Crippen LogP contribution < -0.4 is 0 Å². The van der Waals surface area contributed by atoms with Crippen LogP contribution in [0.4, 0.5) is 4.53 Å². The Bertz CT molecular complexity index is 34.4. The van der Waals surface area contributed by atoms with Gasteiger partial charge >= 0.3 is 0 Å². The van der Waals surface area contributed by atoms with Gasteiger partial charge in [0.05, 0.1) is 0 Å². The van der Waals surface area contributed by atoms with E-state index in [1.165, 1.54) is 7.11 Å². The highest BCUT2D eigenvalue weighted by Gasteiger charge is 2.02. The molecule has 44 valence electrons. The first-order valence-electron chi connectivity index (χ1n) is 1.95. The first-order chi connectivity index (χ1) is 3.35. The maximum atomic E-state index is 11.1. The Kier molecular flexibility index (Phi) is 4.62. The summed E-state index contributed by atoms with van der Waals surface area (Å²) in [5.74, 6) is 0. The van der Waals surface area contributed by atoms with Gasteiger partial charge in [0.25, 0.3) is 0 Å². The molecule has 2 nitrogen and oxygen atoms in total. The molecule has 0 amide bonds. The molecule has 4 heteroatoms. The molecule has 0 fully saturated rings. The first kappa shape index (κ1) is 7.28. The fraction of sp³-hybridized carbons (Fsp3) is 1.00. The standard InChI is InChI=1S/C3H8FO2P/c1-3-7(5-2)6-4/h3H2,1-2H3. The SMILES string of the molecule is CCP(OC)OF. The quantitative estimate of drug-likeness (QED) is 0.537. The number of halogens is 1. The van der Waals surface area contributed by atoms with Crippen LogP contribution in [0.15, 0.2) is 0 Å². The molecule has 1 atom stereocenters. The van der Waals surface area contributed by atoms with Crippen molar-refractivity contribution in [3.05, 3.63) is 0 Å². The van der Waals surface area contributed by atoms with Crippen LogP contribution in [0.2, 0.25) is 0 Å². The molecule has 0 bridgehead atoms. The second-order valence-corrected chi connectivity index (χ2v) is 2.70. The van der Waals surface area contributed by atoms with Crippen molar-refractivity contribution in [2.24, 2.45) is 0 Å². The summed E-state index contributed by atoms with van der Waals surface area (Å²) in [6, 6.07) is 0. The Labute approximate surface area is 43.4 Å². The number of rotatable bonds is 3. The van der Waals surface area contributed by atoms with E-state index in [1.807, 2.05) is 0 Å². The topological polar surface area (TPSA) is 18.5 Å². The molecule has 7 heavy (non-hydrogen) atoms. The number of hydrogen-bond donors (Lipinski definition) is 0. The molecule has 0 aromatic rings. The average Bonchev–Trinajstić information content (AvgIpc) is 1.72. The van der Waals surface area contributed by atoms with Crippen molar-refractivity contribution in [1.82, 2.24) is 0 Å². The van der Waals surface area contributed by atoms with Crippen molar-refractivity contribution in [3.8, 4) is 0 Å². The lowest BCUT2D eigenvalue weighted by molar-refractivity contribution is -0.00659. The summed E-state index contributed by atoms with van der Waals surface area (Å²) in [4.78, 5) is 0. The van der Waals surface area contributed by atoms with E-state index in [0.29, 0.717) is 6.16 Å². The Morgan fingerprint density at radius 1 is 1.71 bits per heavy atom. The average molecular weight is 126 g/mol. The Morgan fingerprint density at radius 3 is 2.29 bits per heavy atom. The van der Waals surface area contributed by atoms with E-state index in [-0.39, 0.29) is 0 Å². The summed E-state index contributed by atoms with van der Waals surface area (Å²) in [7, 11) is 0.205. The molecule has 0 aromatic heterocycles. The van der Waals surface area contributed by atoms with Gasteiger partial charge in [0.15, 0.2) is 0 Å². The summed E-state index contributed by atoms with van der Waals surface area (Å²) >= 11 is 0.